The summed E-state index contributed by atoms with van der Waals surface area (Å²) in [5, 5.41) is 0. The summed E-state index contributed by atoms with van der Waals surface area (Å²) in [4.78, 5) is 45.0. The maximum absolute atomic E-state index is 13.0. The Balaban J connectivity index is 1.89. The van der Waals surface area contributed by atoms with Gasteiger partial charge in [0.1, 0.15) is 0 Å². The molecular formula is C20H22BrN5O3. The van der Waals surface area contributed by atoms with Crippen LogP contribution in [0.15, 0.2) is 38.3 Å². The number of hydrogen-bond donors (Lipinski definition) is 0. The Bertz CT molecular complexity index is 1200. The van der Waals surface area contributed by atoms with E-state index >= 15 is 0 Å². The summed E-state index contributed by atoms with van der Waals surface area (Å²) in [6.07, 6.45) is 3.20. The summed E-state index contributed by atoms with van der Waals surface area (Å²) < 4.78 is 4.99. The number of ketones is 1. The summed E-state index contributed by atoms with van der Waals surface area (Å²) in [7, 11) is 3.04. The molecule has 0 atom stereocenters. The molecule has 9 heteroatoms. The smallest absolute Gasteiger partial charge is 0.332 e. The first-order valence-electron chi connectivity index (χ1n) is 9.58. The first-order valence-corrected chi connectivity index (χ1v) is 10.4. The molecule has 152 valence electrons. The molecule has 1 aromatic carbocycles. The Morgan fingerprint density at radius 1 is 1.03 bits per heavy atom. The van der Waals surface area contributed by atoms with Gasteiger partial charge in [-0.1, -0.05) is 28.1 Å². The zero-order valence-corrected chi connectivity index (χ0v) is 18.0. The fraction of sp³-hybridized carbons (Fsp3) is 0.400. The second-order valence-electron chi connectivity index (χ2n) is 7.35. The van der Waals surface area contributed by atoms with Crippen molar-refractivity contribution < 1.29 is 4.79 Å². The van der Waals surface area contributed by atoms with E-state index in [0.29, 0.717) is 17.2 Å². The second-order valence-corrected chi connectivity index (χ2v) is 8.27. The van der Waals surface area contributed by atoms with E-state index in [-0.39, 0.29) is 17.8 Å². The Hall–Kier alpha value is -2.68. The van der Waals surface area contributed by atoms with Gasteiger partial charge in [-0.15, -0.1) is 0 Å². The highest BCUT2D eigenvalue weighted by molar-refractivity contribution is 9.10. The first kappa shape index (κ1) is 19.6. The molecule has 1 saturated heterocycles. The third-order valence-corrected chi connectivity index (χ3v) is 5.96. The van der Waals surface area contributed by atoms with Crippen molar-refractivity contribution in [2.75, 3.05) is 18.0 Å². The molecule has 0 unspecified atom stereocenters. The number of anilines is 1. The minimum Gasteiger partial charge on any atom is -0.342 e. The Labute approximate surface area is 175 Å². The molecular weight excluding hydrogens is 438 g/mol. The third kappa shape index (κ3) is 3.43. The molecule has 0 bridgehead atoms. The van der Waals surface area contributed by atoms with Crippen molar-refractivity contribution >= 4 is 38.8 Å². The topological polar surface area (TPSA) is 82.1 Å². The lowest BCUT2D eigenvalue weighted by Gasteiger charge is -2.28. The van der Waals surface area contributed by atoms with Crippen LogP contribution in [0.2, 0.25) is 0 Å². The number of piperidine rings is 1. The largest absolute Gasteiger partial charge is 0.342 e. The molecule has 0 N–H and O–H groups in total. The second kappa shape index (κ2) is 7.62. The minimum atomic E-state index is -0.442. The van der Waals surface area contributed by atoms with Gasteiger partial charge in [-0.2, -0.15) is 4.98 Å². The average Bonchev–Trinajstić information content (AvgIpc) is 3.11. The Morgan fingerprint density at radius 3 is 2.34 bits per heavy atom. The van der Waals surface area contributed by atoms with Gasteiger partial charge in [-0.25, -0.2) is 4.79 Å². The van der Waals surface area contributed by atoms with Crippen LogP contribution in [0.3, 0.4) is 0 Å². The highest BCUT2D eigenvalue weighted by Gasteiger charge is 2.25. The molecule has 0 aliphatic carbocycles. The standard InChI is InChI=1S/C20H22BrN5O3/c1-23-17-16(18(28)24(2)20(23)29)26(19(22-17)25-10-4-3-5-11-25)12-15(27)13-6-8-14(21)9-7-13/h6-9H,3-5,10-12H2,1-2H3. The van der Waals surface area contributed by atoms with Gasteiger partial charge in [-0.05, 0) is 31.4 Å². The molecule has 1 aliphatic rings. The van der Waals surface area contributed by atoms with E-state index in [1.54, 1.807) is 23.7 Å². The summed E-state index contributed by atoms with van der Waals surface area (Å²) in [5.41, 5.74) is 0.267. The number of Topliss-reactive ketones (excluding diaryl/α,β-unsaturated/α-hetero) is 1. The van der Waals surface area contributed by atoms with Crippen molar-refractivity contribution in [3.8, 4) is 0 Å². The zero-order valence-electron chi connectivity index (χ0n) is 16.4. The van der Waals surface area contributed by atoms with E-state index < -0.39 is 11.2 Å². The molecule has 29 heavy (non-hydrogen) atoms. The number of benzene rings is 1. The molecule has 0 saturated carbocycles. The lowest BCUT2D eigenvalue weighted by atomic mass is 10.1. The molecule has 4 rings (SSSR count). The molecule has 8 nitrogen and oxygen atoms in total. The van der Waals surface area contributed by atoms with Crippen LogP contribution in [-0.2, 0) is 20.6 Å². The predicted molar refractivity (Wildman–Crippen MR) is 115 cm³/mol. The summed E-state index contributed by atoms with van der Waals surface area (Å²) in [5.74, 6) is 0.453. The fourth-order valence-electron chi connectivity index (χ4n) is 3.79. The molecule has 3 aromatic rings. The van der Waals surface area contributed by atoms with Gasteiger partial charge >= 0.3 is 5.69 Å². The zero-order chi connectivity index (χ0) is 20.7. The van der Waals surface area contributed by atoms with Crippen LogP contribution in [0.5, 0.6) is 0 Å². The monoisotopic (exact) mass is 459 g/mol. The van der Waals surface area contributed by atoms with E-state index in [9.17, 15) is 14.4 Å². The number of nitrogens with zero attached hydrogens (tertiary/aromatic N) is 5. The number of hydrogen-bond acceptors (Lipinski definition) is 5. The van der Waals surface area contributed by atoms with Gasteiger partial charge in [0, 0.05) is 37.2 Å². The van der Waals surface area contributed by atoms with E-state index in [2.05, 4.69) is 25.8 Å². The average molecular weight is 460 g/mol. The van der Waals surface area contributed by atoms with Crippen LogP contribution >= 0.6 is 15.9 Å². The number of halogens is 1. The maximum atomic E-state index is 13.0. The van der Waals surface area contributed by atoms with E-state index in [1.807, 2.05) is 12.1 Å². The van der Waals surface area contributed by atoms with Crippen LogP contribution in [-0.4, -0.2) is 37.6 Å². The number of rotatable bonds is 4. The van der Waals surface area contributed by atoms with Crippen LogP contribution < -0.4 is 16.1 Å². The van der Waals surface area contributed by atoms with Crippen LogP contribution in [0, 0.1) is 0 Å². The normalized spacial score (nSPS) is 14.5. The van der Waals surface area contributed by atoms with Crippen LogP contribution in [0.1, 0.15) is 29.6 Å². The van der Waals surface area contributed by atoms with Gasteiger partial charge in [0.25, 0.3) is 5.56 Å². The van der Waals surface area contributed by atoms with Gasteiger partial charge in [-0.3, -0.25) is 23.3 Å². The number of aromatic nitrogens is 4. The number of aryl methyl sites for hydroxylation is 1. The summed E-state index contributed by atoms with van der Waals surface area (Å²) >= 11 is 3.37. The predicted octanol–water partition coefficient (Wildman–Crippen LogP) is 2.07. The van der Waals surface area contributed by atoms with Gasteiger partial charge in [0.05, 0.1) is 6.54 Å². The van der Waals surface area contributed by atoms with Gasteiger partial charge in [0.2, 0.25) is 5.95 Å². The highest BCUT2D eigenvalue weighted by atomic mass is 79.9. The van der Waals surface area contributed by atoms with Crippen molar-refractivity contribution in [1.29, 1.82) is 0 Å². The van der Waals surface area contributed by atoms with E-state index in [4.69, 9.17) is 0 Å². The molecule has 0 spiro atoms. The Kier molecular flexibility index (Phi) is 5.16. The van der Waals surface area contributed by atoms with Crippen molar-refractivity contribution in [1.82, 2.24) is 18.7 Å². The van der Waals surface area contributed by atoms with Gasteiger partial charge in [0.15, 0.2) is 16.9 Å². The number of imidazole rings is 1. The third-order valence-electron chi connectivity index (χ3n) is 5.43. The van der Waals surface area contributed by atoms with Crippen molar-refractivity contribution in [3.63, 3.8) is 0 Å². The minimum absolute atomic E-state index is 0.0165. The first-order chi connectivity index (χ1) is 13.9. The summed E-state index contributed by atoms with van der Waals surface area (Å²) in [6, 6.07) is 7.13. The molecule has 3 heterocycles. The molecule has 1 aliphatic heterocycles. The Morgan fingerprint density at radius 2 is 1.69 bits per heavy atom. The van der Waals surface area contributed by atoms with Crippen molar-refractivity contribution in [3.05, 3.63) is 55.1 Å². The SMILES string of the molecule is Cn1c(=O)c2c(nc(N3CCCCC3)n2CC(=O)c2ccc(Br)cc2)n(C)c1=O. The molecule has 0 radical (unpaired) electrons. The quantitative estimate of drug-likeness (QED) is 0.557. The molecule has 1 fully saturated rings. The van der Waals surface area contributed by atoms with Crippen molar-refractivity contribution in [2.24, 2.45) is 14.1 Å². The van der Waals surface area contributed by atoms with Crippen LogP contribution in [0.4, 0.5) is 5.95 Å². The van der Waals surface area contributed by atoms with Crippen LogP contribution in [0.25, 0.3) is 11.2 Å². The maximum Gasteiger partial charge on any atom is 0.332 e. The van der Waals surface area contributed by atoms with Gasteiger partial charge < -0.3 is 4.90 Å². The lowest BCUT2D eigenvalue weighted by Crippen LogP contribution is -2.38. The van der Waals surface area contributed by atoms with E-state index in [1.165, 1.54) is 11.6 Å². The highest BCUT2D eigenvalue weighted by Crippen LogP contribution is 2.24. The van der Waals surface area contributed by atoms with E-state index in [0.717, 1.165) is 41.4 Å². The number of fused-ring (bicyclic) bond motifs is 1. The lowest BCUT2D eigenvalue weighted by molar-refractivity contribution is 0.0973. The fourth-order valence-corrected chi connectivity index (χ4v) is 4.06. The summed E-state index contributed by atoms with van der Waals surface area (Å²) in [6.45, 7) is 1.60. The molecule has 2 aromatic heterocycles. The number of carbonyl (C=O) groups excluding carboxylic acids is 1. The van der Waals surface area contributed by atoms with Crippen molar-refractivity contribution in [2.45, 2.75) is 25.8 Å². The molecule has 0 amide bonds. The number of carbonyl (C=O) groups is 1.